The summed E-state index contributed by atoms with van der Waals surface area (Å²) in [4.78, 5) is 16.7. The molecule has 21 heavy (non-hydrogen) atoms. The van der Waals surface area contributed by atoms with Gasteiger partial charge in [-0.3, -0.25) is 9.69 Å². The quantitative estimate of drug-likeness (QED) is 0.914. The first kappa shape index (κ1) is 16.0. The molecule has 4 nitrogen and oxygen atoms in total. The van der Waals surface area contributed by atoms with Crippen molar-refractivity contribution in [1.29, 1.82) is 0 Å². The number of likely N-dealkylation sites (N-methyl/N-ethyl adjacent to an activating group) is 1. The number of carbonyl (C=O) groups is 1. The number of rotatable bonds is 4. The summed E-state index contributed by atoms with van der Waals surface area (Å²) in [6.07, 6.45) is 0. The maximum atomic E-state index is 12.8. The molecule has 116 valence electrons. The molecular formula is C17H27N3O. The van der Waals surface area contributed by atoms with Crippen LogP contribution in [0.2, 0.25) is 0 Å². The predicted octanol–water partition coefficient (Wildman–Crippen LogP) is 1.53. The van der Waals surface area contributed by atoms with E-state index < -0.39 is 0 Å². The molecule has 1 aromatic rings. The van der Waals surface area contributed by atoms with E-state index in [1.165, 1.54) is 5.56 Å². The van der Waals surface area contributed by atoms with Crippen molar-refractivity contribution in [3.63, 3.8) is 0 Å². The third-order valence-corrected chi connectivity index (χ3v) is 4.35. The maximum Gasteiger partial charge on any atom is 0.240 e. The van der Waals surface area contributed by atoms with Crippen molar-refractivity contribution >= 4 is 5.91 Å². The molecule has 2 N–H and O–H groups in total. The molecule has 0 aliphatic carbocycles. The van der Waals surface area contributed by atoms with Crippen LogP contribution in [0.3, 0.4) is 0 Å². The number of nitrogens with zero attached hydrogens (tertiary/aromatic N) is 2. The topological polar surface area (TPSA) is 49.6 Å². The minimum absolute atomic E-state index is 0.0197. The van der Waals surface area contributed by atoms with Crippen molar-refractivity contribution in [3.8, 4) is 0 Å². The lowest BCUT2D eigenvalue weighted by molar-refractivity contribution is -0.136. The van der Waals surface area contributed by atoms with Gasteiger partial charge in [0.1, 0.15) is 0 Å². The van der Waals surface area contributed by atoms with Crippen molar-refractivity contribution < 1.29 is 4.79 Å². The molecule has 2 rings (SSSR count). The van der Waals surface area contributed by atoms with Gasteiger partial charge in [-0.25, -0.2) is 0 Å². The zero-order valence-electron chi connectivity index (χ0n) is 13.5. The van der Waals surface area contributed by atoms with Crippen LogP contribution in [0.1, 0.15) is 25.3 Å². The van der Waals surface area contributed by atoms with E-state index >= 15 is 0 Å². The number of likely N-dealkylation sites (tertiary alicyclic amines) is 1. The number of benzene rings is 1. The van der Waals surface area contributed by atoms with Gasteiger partial charge < -0.3 is 10.6 Å². The van der Waals surface area contributed by atoms with E-state index in [0.717, 1.165) is 6.54 Å². The van der Waals surface area contributed by atoms with E-state index in [9.17, 15) is 4.79 Å². The first-order valence-electron chi connectivity index (χ1n) is 7.67. The summed E-state index contributed by atoms with van der Waals surface area (Å²) in [5, 5.41) is 0. The van der Waals surface area contributed by atoms with Gasteiger partial charge >= 0.3 is 0 Å². The summed E-state index contributed by atoms with van der Waals surface area (Å²) in [5.74, 6) is 0.730. The van der Waals surface area contributed by atoms with Gasteiger partial charge in [-0.05, 0) is 25.6 Å². The Kier molecular flexibility index (Phi) is 5.01. The Bertz CT molecular complexity index is 464. The van der Waals surface area contributed by atoms with Crippen LogP contribution in [0.5, 0.6) is 0 Å². The Labute approximate surface area is 127 Å². The van der Waals surface area contributed by atoms with Crippen molar-refractivity contribution in [3.05, 3.63) is 35.9 Å². The summed E-state index contributed by atoms with van der Waals surface area (Å²) in [5.41, 5.74) is 7.51. The Morgan fingerprint density at radius 1 is 1.24 bits per heavy atom. The number of nitrogens with two attached hydrogens (primary N) is 1. The van der Waals surface area contributed by atoms with Gasteiger partial charge in [0.2, 0.25) is 5.91 Å². The standard InChI is InChI=1S/C17H27N3O/c1-12(2)16(19(3)4)17(21)20-10-14(15(18)11-20)13-8-6-5-7-9-13/h5-9,12,14-16H,10-11,18H2,1-4H3/t14-,15+,16+/m0/s1. The number of carbonyl (C=O) groups excluding carboxylic acids is 1. The molecular weight excluding hydrogens is 262 g/mol. The Hall–Kier alpha value is -1.39. The van der Waals surface area contributed by atoms with Crippen LogP contribution in [-0.4, -0.2) is 55.0 Å². The van der Waals surface area contributed by atoms with Gasteiger partial charge in [-0.2, -0.15) is 0 Å². The summed E-state index contributed by atoms with van der Waals surface area (Å²) in [6, 6.07) is 10.2. The van der Waals surface area contributed by atoms with Crippen LogP contribution in [0.25, 0.3) is 0 Å². The third kappa shape index (κ3) is 3.44. The molecule has 1 amide bonds. The van der Waals surface area contributed by atoms with Gasteiger partial charge in [-0.1, -0.05) is 44.2 Å². The van der Waals surface area contributed by atoms with Crippen molar-refractivity contribution in [1.82, 2.24) is 9.80 Å². The smallest absolute Gasteiger partial charge is 0.240 e. The molecule has 0 radical (unpaired) electrons. The molecule has 1 saturated heterocycles. The average molecular weight is 289 g/mol. The van der Waals surface area contributed by atoms with Crippen molar-refractivity contribution in [2.24, 2.45) is 11.7 Å². The monoisotopic (exact) mass is 289 g/mol. The fourth-order valence-electron chi connectivity index (χ4n) is 3.35. The molecule has 0 unspecified atom stereocenters. The number of hydrogen-bond donors (Lipinski definition) is 1. The van der Waals surface area contributed by atoms with Gasteiger partial charge in [0.25, 0.3) is 0 Å². The SMILES string of the molecule is CC(C)[C@H](C(=O)N1C[C@@H](N)[C@H](c2ccccc2)C1)N(C)C. The highest BCUT2D eigenvalue weighted by atomic mass is 16.2. The fraction of sp³-hybridized carbons (Fsp3) is 0.588. The fourth-order valence-corrected chi connectivity index (χ4v) is 3.35. The van der Waals surface area contributed by atoms with E-state index in [2.05, 4.69) is 26.0 Å². The van der Waals surface area contributed by atoms with Crippen LogP contribution in [0, 0.1) is 5.92 Å². The lowest BCUT2D eigenvalue weighted by Gasteiger charge is -2.30. The maximum absolute atomic E-state index is 12.8. The van der Waals surface area contributed by atoms with Crippen LogP contribution >= 0.6 is 0 Å². The first-order chi connectivity index (χ1) is 9.91. The minimum atomic E-state index is -0.0771. The van der Waals surface area contributed by atoms with Gasteiger partial charge in [0.15, 0.2) is 0 Å². The van der Waals surface area contributed by atoms with E-state index in [1.54, 1.807) is 0 Å². The molecule has 4 heteroatoms. The van der Waals surface area contributed by atoms with E-state index in [0.29, 0.717) is 12.5 Å². The summed E-state index contributed by atoms with van der Waals surface area (Å²) in [6.45, 7) is 5.55. The van der Waals surface area contributed by atoms with Gasteiger partial charge in [0, 0.05) is 25.0 Å². The molecule has 0 aromatic heterocycles. The Morgan fingerprint density at radius 3 is 2.38 bits per heavy atom. The first-order valence-corrected chi connectivity index (χ1v) is 7.67. The molecule has 1 heterocycles. The van der Waals surface area contributed by atoms with Crippen molar-refractivity contribution in [2.75, 3.05) is 27.2 Å². The molecule has 1 aliphatic heterocycles. The highest BCUT2D eigenvalue weighted by Gasteiger charge is 2.37. The Balaban J connectivity index is 2.12. The van der Waals surface area contributed by atoms with Crippen molar-refractivity contribution in [2.45, 2.75) is 31.8 Å². The Morgan fingerprint density at radius 2 is 1.86 bits per heavy atom. The van der Waals surface area contributed by atoms with Crippen LogP contribution in [0.15, 0.2) is 30.3 Å². The summed E-state index contributed by atoms with van der Waals surface area (Å²) in [7, 11) is 3.93. The molecule has 0 spiro atoms. The second-order valence-electron chi connectivity index (χ2n) is 6.58. The van der Waals surface area contributed by atoms with Crippen LogP contribution < -0.4 is 5.73 Å². The molecule has 3 atom stereocenters. The van der Waals surface area contributed by atoms with E-state index in [4.69, 9.17) is 5.73 Å². The molecule has 1 fully saturated rings. The minimum Gasteiger partial charge on any atom is -0.339 e. The zero-order valence-corrected chi connectivity index (χ0v) is 13.5. The zero-order chi connectivity index (χ0) is 15.6. The second kappa shape index (κ2) is 6.58. The largest absolute Gasteiger partial charge is 0.339 e. The summed E-state index contributed by atoms with van der Waals surface area (Å²) < 4.78 is 0. The molecule has 1 aliphatic rings. The molecule has 1 aromatic carbocycles. The number of hydrogen-bond acceptors (Lipinski definition) is 3. The third-order valence-electron chi connectivity index (χ3n) is 4.35. The highest BCUT2D eigenvalue weighted by Crippen LogP contribution is 2.27. The average Bonchev–Trinajstić information content (AvgIpc) is 2.81. The van der Waals surface area contributed by atoms with Crippen LogP contribution in [0.4, 0.5) is 0 Å². The normalized spacial score (nSPS) is 23.9. The second-order valence-corrected chi connectivity index (χ2v) is 6.58. The van der Waals surface area contributed by atoms with Crippen LogP contribution in [-0.2, 0) is 4.79 Å². The van der Waals surface area contributed by atoms with E-state index in [-0.39, 0.29) is 23.9 Å². The van der Waals surface area contributed by atoms with Gasteiger partial charge in [0.05, 0.1) is 6.04 Å². The van der Waals surface area contributed by atoms with Gasteiger partial charge in [-0.15, -0.1) is 0 Å². The lowest BCUT2D eigenvalue weighted by atomic mass is 9.95. The molecule has 0 bridgehead atoms. The van der Waals surface area contributed by atoms with E-state index in [1.807, 2.05) is 42.1 Å². The highest BCUT2D eigenvalue weighted by molar-refractivity contribution is 5.82. The summed E-state index contributed by atoms with van der Waals surface area (Å²) >= 11 is 0. The molecule has 0 saturated carbocycles. The number of amides is 1. The lowest BCUT2D eigenvalue weighted by Crippen LogP contribution is -2.48. The predicted molar refractivity (Wildman–Crippen MR) is 86.1 cm³/mol.